The smallest absolute Gasteiger partial charge is 0.355 e. The number of benzene rings is 1. The summed E-state index contributed by atoms with van der Waals surface area (Å²) in [6.45, 7) is 0.386. The first-order valence-electron chi connectivity index (χ1n) is 25.2. The normalized spacial score (nSPS) is 17.0. The number of nitrogens with one attached hydrogen (secondary N) is 1. The number of pyridine rings is 2. The average molecular weight is 1090 g/mol. The van der Waals surface area contributed by atoms with Crippen LogP contribution < -0.4 is 10.9 Å². The van der Waals surface area contributed by atoms with Crippen LogP contribution in [0.2, 0.25) is 0 Å². The quantitative estimate of drug-likeness (QED) is 0.0190. The number of phenolic OH excluding ortho intramolecular Hbond substituents is 1. The minimum atomic E-state index is -2.01. The van der Waals surface area contributed by atoms with Crippen molar-refractivity contribution in [2.45, 2.75) is 134 Å². The third kappa shape index (κ3) is 16.7. The molecule has 5 rings (SSSR count). The molecule has 4 heterocycles. The molecule has 0 fully saturated rings. The summed E-state index contributed by atoms with van der Waals surface area (Å²) in [6.07, 6.45) is -6.93. The number of carboxylic acid groups (broad SMARTS) is 1. The number of ether oxygens (including phenoxy) is 10. The van der Waals surface area contributed by atoms with Crippen LogP contribution in [0.25, 0.3) is 22.3 Å². The molecule has 0 radical (unpaired) electrons. The van der Waals surface area contributed by atoms with Crippen LogP contribution in [-0.4, -0.2) is 180 Å². The zero-order valence-electron chi connectivity index (χ0n) is 43.4. The van der Waals surface area contributed by atoms with E-state index in [1.807, 2.05) is 6.92 Å². The van der Waals surface area contributed by atoms with E-state index in [2.05, 4.69) is 5.32 Å². The van der Waals surface area contributed by atoms with Crippen molar-refractivity contribution in [3.05, 3.63) is 56.9 Å². The molecule has 0 saturated heterocycles. The van der Waals surface area contributed by atoms with Crippen molar-refractivity contribution in [1.29, 1.82) is 0 Å². The number of carbonyl (C=O) groups excluding carboxylic acids is 5. The van der Waals surface area contributed by atoms with Crippen LogP contribution in [0.3, 0.4) is 0 Å². The molecule has 77 heavy (non-hydrogen) atoms. The molecule has 0 saturated carbocycles. The van der Waals surface area contributed by atoms with Crippen molar-refractivity contribution < 1.29 is 107 Å². The van der Waals surface area contributed by atoms with Gasteiger partial charge in [-0.1, -0.05) is 20.8 Å². The molecule has 7 N–H and O–H groups in total. The first kappa shape index (κ1) is 61.7. The SMILES string of the molecule is CCc1c2c(nc3ccc(O)cc13)-c1cc3c(c(=O)n1C2)COC(=O)[C@@]3(CC)OC(=O)CNC(=O)CCCC(=O)OCC(CC)OC(CO)OCC(CO)OC(COC(=O)CCCC(=O)O)OCC(CO)OC(CO)OC. The van der Waals surface area contributed by atoms with Crippen molar-refractivity contribution in [3.63, 3.8) is 0 Å². The van der Waals surface area contributed by atoms with Gasteiger partial charge in [0.05, 0.1) is 74.8 Å². The number of aromatic nitrogens is 2. The number of aryl methyl sites for hydroxylation is 1. The molecule has 0 bridgehead atoms. The average Bonchev–Trinajstić information content (AvgIpc) is 3.87. The lowest BCUT2D eigenvalue weighted by atomic mass is 9.85. The topological polar surface area (TPSA) is 363 Å². The monoisotopic (exact) mass is 1090 g/mol. The van der Waals surface area contributed by atoms with Crippen LogP contribution in [0.15, 0.2) is 29.1 Å². The lowest BCUT2D eigenvalue weighted by Gasteiger charge is -2.35. The van der Waals surface area contributed by atoms with Gasteiger partial charge in [-0.3, -0.25) is 28.8 Å². The fourth-order valence-corrected chi connectivity index (χ4v) is 8.50. The second kappa shape index (κ2) is 30.1. The van der Waals surface area contributed by atoms with Gasteiger partial charge >= 0.3 is 29.8 Å². The van der Waals surface area contributed by atoms with Crippen LogP contribution in [0.4, 0.5) is 0 Å². The zero-order valence-corrected chi connectivity index (χ0v) is 43.4. The van der Waals surface area contributed by atoms with Crippen LogP contribution in [-0.2, 0) is 101 Å². The number of nitrogens with zero attached hydrogens (tertiary/aromatic N) is 2. The van der Waals surface area contributed by atoms with E-state index in [9.17, 15) is 59.1 Å². The summed E-state index contributed by atoms with van der Waals surface area (Å²) < 4.78 is 56.4. The molecule has 2 aromatic heterocycles. The fraction of sp³-hybridized carbons (Fsp3) is 0.608. The predicted octanol–water partition coefficient (Wildman–Crippen LogP) is 0.719. The predicted molar refractivity (Wildman–Crippen MR) is 263 cm³/mol. The van der Waals surface area contributed by atoms with Gasteiger partial charge in [-0.25, -0.2) is 9.78 Å². The maximum Gasteiger partial charge on any atom is 0.355 e. The Labute approximate surface area is 442 Å². The number of carbonyl (C=O) groups is 6. The Morgan fingerprint density at radius 3 is 2.01 bits per heavy atom. The fourth-order valence-electron chi connectivity index (χ4n) is 8.50. The number of aliphatic carboxylic acids is 1. The maximum atomic E-state index is 14.0. The van der Waals surface area contributed by atoms with E-state index < -0.39 is 130 Å². The number of hydrogen-bond donors (Lipinski definition) is 7. The van der Waals surface area contributed by atoms with Crippen LogP contribution in [0.1, 0.15) is 94.4 Å². The molecule has 26 nitrogen and oxygen atoms in total. The number of phenols is 1. The molecular weight excluding hydrogens is 1020 g/mol. The highest BCUT2D eigenvalue weighted by Gasteiger charge is 2.50. The Morgan fingerprint density at radius 1 is 0.766 bits per heavy atom. The Bertz CT molecular complexity index is 2570. The number of carboxylic acids is 1. The van der Waals surface area contributed by atoms with E-state index in [-0.39, 0.29) is 94.6 Å². The van der Waals surface area contributed by atoms with Gasteiger partial charge in [0.2, 0.25) is 11.5 Å². The molecule has 0 aliphatic carbocycles. The number of cyclic esters (lactones) is 1. The minimum Gasteiger partial charge on any atom is -0.508 e. The molecule has 1 amide bonds. The Kier molecular flexibility index (Phi) is 24.1. The first-order valence-corrected chi connectivity index (χ1v) is 25.2. The van der Waals surface area contributed by atoms with Crippen molar-refractivity contribution >= 4 is 46.7 Å². The van der Waals surface area contributed by atoms with E-state index in [1.165, 1.54) is 17.7 Å². The largest absolute Gasteiger partial charge is 0.508 e. The third-order valence-corrected chi connectivity index (χ3v) is 12.6. The highest BCUT2D eigenvalue weighted by Crippen LogP contribution is 2.42. The van der Waals surface area contributed by atoms with Gasteiger partial charge in [-0.05, 0) is 61.9 Å². The van der Waals surface area contributed by atoms with Crippen molar-refractivity contribution in [2.75, 3.05) is 66.5 Å². The summed E-state index contributed by atoms with van der Waals surface area (Å²) in [5.74, 6) is -4.97. The second-order valence-electron chi connectivity index (χ2n) is 17.9. The summed E-state index contributed by atoms with van der Waals surface area (Å²) in [7, 11) is 1.27. The number of amides is 1. The zero-order chi connectivity index (χ0) is 56.2. The van der Waals surface area contributed by atoms with Gasteiger partial charge in [0.25, 0.3) is 5.56 Å². The van der Waals surface area contributed by atoms with Crippen LogP contribution in [0.5, 0.6) is 5.75 Å². The molecule has 426 valence electrons. The minimum absolute atomic E-state index is 0.00736. The number of aromatic hydroxyl groups is 1. The van der Waals surface area contributed by atoms with Crippen molar-refractivity contribution in [3.8, 4) is 17.1 Å². The molecular formula is C51H69N3O23. The number of hydrogen-bond acceptors (Lipinski definition) is 23. The van der Waals surface area contributed by atoms with E-state index >= 15 is 0 Å². The molecule has 3 aromatic rings. The highest BCUT2D eigenvalue weighted by molar-refractivity contribution is 5.91. The summed E-state index contributed by atoms with van der Waals surface area (Å²) in [6, 6.07) is 6.45. The number of esters is 4. The van der Waals surface area contributed by atoms with Crippen molar-refractivity contribution in [2.24, 2.45) is 0 Å². The lowest BCUT2D eigenvalue weighted by molar-refractivity contribution is -0.253. The van der Waals surface area contributed by atoms with E-state index in [1.54, 1.807) is 32.0 Å². The Hall–Kier alpha value is -6.20. The van der Waals surface area contributed by atoms with Gasteiger partial charge in [-0.2, -0.15) is 0 Å². The molecule has 26 heteroatoms. The molecule has 2 aliphatic heterocycles. The van der Waals surface area contributed by atoms with Gasteiger partial charge in [0.15, 0.2) is 18.9 Å². The third-order valence-electron chi connectivity index (χ3n) is 12.6. The van der Waals surface area contributed by atoms with E-state index in [0.29, 0.717) is 23.3 Å². The second-order valence-corrected chi connectivity index (χ2v) is 17.9. The Morgan fingerprint density at radius 2 is 1.40 bits per heavy atom. The van der Waals surface area contributed by atoms with Crippen LogP contribution >= 0.6 is 0 Å². The first-order chi connectivity index (χ1) is 37.0. The molecule has 2 aliphatic rings. The number of fused-ring (bicyclic) bond motifs is 5. The number of aliphatic hydroxyl groups is 4. The van der Waals surface area contributed by atoms with Gasteiger partial charge in [0, 0.05) is 49.3 Å². The number of methoxy groups -OCH3 is 1. The van der Waals surface area contributed by atoms with E-state index in [0.717, 1.165) is 16.5 Å². The molecule has 7 atom stereocenters. The van der Waals surface area contributed by atoms with Crippen LogP contribution in [0, 0.1) is 0 Å². The summed E-state index contributed by atoms with van der Waals surface area (Å²) >= 11 is 0. The molecule has 0 spiro atoms. The summed E-state index contributed by atoms with van der Waals surface area (Å²) in [5, 5.41) is 61.4. The Balaban J connectivity index is 1.08. The number of rotatable bonds is 35. The molecule has 6 unspecified atom stereocenters. The van der Waals surface area contributed by atoms with Crippen molar-refractivity contribution in [1.82, 2.24) is 14.9 Å². The van der Waals surface area contributed by atoms with Gasteiger partial charge in [0.1, 0.15) is 44.3 Å². The van der Waals surface area contributed by atoms with E-state index in [4.69, 9.17) is 57.5 Å². The van der Waals surface area contributed by atoms with Gasteiger partial charge in [-0.15, -0.1) is 0 Å². The molecule has 1 aromatic carbocycles. The maximum absolute atomic E-state index is 14.0. The number of aliphatic hydroxyl groups excluding tert-OH is 4. The standard InChI is InChI=1S/C51H69N3O23/c1-5-30(74-46(23-58)71-25-32(21-56)76-47(28-70-43(64)13-9-11-41(61)62)72-26-31(20-55)75-45(22-57)68-4)24-69-42(63)12-8-10-40(60)52-18-44(65)77-51(7-3)37-17-39-48-35(19-54(39)49(66)36(37)27-73-50(51)67)33(6-2)34-16-29(59)14-15-38(34)53-48/h14-17,30-32,45-47,55-59H,5-13,18-28H2,1-4H3,(H,52,60)(H,61,62)/t30?,31?,32?,45?,46?,47?,51-/m0/s1. The summed E-state index contributed by atoms with van der Waals surface area (Å²) in [4.78, 5) is 94.3. The lowest BCUT2D eigenvalue weighted by Crippen LogP contribution is -2.48. The summed E-state index contributed by atoms with van der Waals surface area (Å²) in [5.41, 5.74) is 1.07. The highest BCUT2D eigenvalue weighted by atomic mass is 16.7. The van der Waals surface area contributed by atoms with Gasteiger partial charge < -0.3 is 87.9 Å².